The minimum absolute atomic E-state index is 0.124. The summed E-state index contributed by atoms with van der Waals surface area (Å²) >= 11 is 0. The molecule has 30 heavy (non-hydrogen) atoms. The Bertz CT molecular complexity index is 1130. The first-order valence-electron chi connectivity index (χ1n) is 8.96. The fraction of sp³-hybridized carbons (Fsp3) is 0.0833. The molecule has 0 saturated carbocycles. The van der Waals surface area contributed by atoms with Crippen LogP contribution in [0.1, 0.15) is 21.5 Å². The van der Waals surface area contributed by atoms with Crippen molar-refractivity contribution in [1.29, 1.82) is 5.26 Å². The molecule has 0 bridgehead atoms. The standard InChI is InChI=1S/C24H18FNO4/c1-28-22-11-8-17(14-23(22)29-2)19(15-26)12-16-6-9-21(10-7-16)30-24(27)18-4-3-5-20(25)13-18/h3-14H,1-2H3/b19-12-. The molecule has 0 radical (unpaired) electrons. The van der Waals surface area contributed by atoms with Gasteiger partial charge in [-0.1, -0.05) is 18.2 Å². The van der Waals surface area contributed by atoms with Crippen molar-refractivity contribution in [2.45, 2.75) is 0 Å². The molecule has 0 heterocycles. The van der Waals surface area contributed by atoms with Gasteiger partial charge in [-0.3, -0.25) is 0 Å². The van der Waals surface area contributed by atoms with Crippen molar-refractivity contribution < 1.29 is 23.4 Å². The van der Waals surface area contributed by atoms with E-state index in [1.807, 2.05) is 0 Å². The summed E-state index contributed by atoms with van der Waals surface area (Å²) in [5.41, 5.74) is 1.98. The first-order chi connectivity index (χ1) is 14.5. The lowest BCUT2D eigenvalue weighted by molar-refractivity contribution is 0.0734. The normalized spacial score (nSPS) is 10.8. The van der Waals surface area contributed by atoms with Crippen LogP contribution in [0.4, 0.5) is 4.39 Å². The Hall–Kier alpha value is -4.11. The minimum atomic E-state index is -0.652. The van der Waals surface area contributed by atoms with Crippen LogP contribution in [0.2, 0.25) is 0 Å². The van der Waals surface area contributed by atoms with Crippen LogP contribution in [0.15, 0.2) is 66.7 Å². The van der Waals surface area contributed by atoms with Crippen LogP contribution in [-0.2, 0) is 0 Å². The Morgan fingerprint density at radius 2 is 1.67 bits per heavy atom. The molecule has 6 heteroatoms. The number of hydrogen-bond acceptors (Lipinski definition) is 5. The highest BCUT2D eigenvalue weighted by molar-refractivity contribution is 5.91. The molecule has 3 rings (SSSR count). The Kier molecular flexibility index (Phi) is 6.46. The number of carbonyl (C=O) groups is 1. The van der Waals surface area contributed by atoms with E-state index in [1.165, 1.54) is 25.3 Å². The zero-order valence-corrected chi connectivity index (χ0v) is 16.4. The molecular weight excluding hydrogens is 385 g/mol. The maximum absolute atomic E-state index is 13.2. The van der Waals surface area contributed by atoms with Crippen molar-refractivity contribution in [3.05, 3.63) is 89.2 Å². The second-order valence-corrected chi connectivity index (χ2v) is 6.21. The topological polar surface area (TPSA) is 68.5 Å². The van der Waals surface area contributed by atoms with Gasteiger partial charge in [-0.15, -0.1) is 0 Å². The third-order valence-corrected chi connectivity index (χ3v) is 4.28. The number of hydrogen-bond donors (Lipinski definition) is 0. The largest absolute Gasteiger partial charge is 0.493 e. The molecule has 0 aliphatic rings. The SMILES string of the molecule is COc1ccc(/C(C#N)=C\c2ccc(OC(=O)c3cccc(F)c3)cc2)cc1OC. The Labute approximate surface area is 173 Å². The van der Waals surface area contributed by atoms with Gasteiger partial charge in [-0.05, 0) is 65.7 Å². The molecule has 0 spiro atoms. The van der Waals surface area contributed by atoms with Gasteiger partial charge in [-0.2, -0.15) is 5.26 Å². The number of esters is 1. The molecule has 0 aliphatic carbocycles. The summed E-state index contributed by atoms with van der Waals surface area (Å²) in [5, 5.41) is 9.56. The summed E-state index contributed by atoms with van der Waals surface area (Å²) in [6.45, 7) is 0. The van der Waals surface area contributed by atoms with Crippen LogP contribution in [-0.4, -0.2) is 20.2 Å². The van der Waals surface area contributed by atoms with E-state index < -0.39 is 11.8 Å². The molecule has 0 aliphatic heterocycles. The van der Waals surface area contributed by atoms with Crippen molar-refractivity contribution in [2.24, 2.45) is 0 Å². The van der Waals surface area contributed by atoms with Gasteiger partial charge in [0, 0.05) is 0 Å². The second kappa shape index (κ2) is 9.39. The quantitative estimate of drug-likeness (QED) is 0.247. The van der Waals surface area contributed by atoms with E-state index in [0.717, 1.165) is 11.6 Å². The smallest absolute Gasteiger partial charge is 0.343 e. The van der Waals surface area contributed by atoms with Crippen molar-refractivity contribution >= 4 is 17.6 Å². The van der Waals surface area contributed by atoms with Gasteiger partial charge in [0.05, 0.1) is 31.4 Å². The van der Waals surface area contributed by atoms with Crippen molar-refractivity contribution in [2.75, 3.05) is 14.2 Å². The maximum atomic E-state index is 13.2. The van der Waals surface area contributed by atoms with E-state index in [9.17, 15) is 14.4 Å². The van der Waals surface area contributed by atoms with E-state index in [0.29, 0.717) is 28.4 Å². The van der Waals surface area contributed by atoms with Gasteiger partial charge in [0.15, 0.2) is 11.5 Å². The van der Waals surface area contributed by atoms with E-state index in [1.54, 1.807) is 55.7 Å². The molecule has 0 saturated heterocycles. The lowest BCUT2D eigenvalue weighted by Crippen LogP contribution is -2.08. The number of nitriles is 1. The van der Waals surface area contributed by atoms with Crippen LogP contribution in [0.5, 0.6) is 17.2 Å². The fourth-order valence-corrected chi connectivity index (χ4v) is 2.76. The van der Waals surface area contributed by atoms with Crippen molar-refractivity contribution in [3.63, 3.8) is 0 Å². The van der Waals surface area contributed by atoms with Crippen LogP contribution in [0, 0.1) is 17.1 Å². The van der Waals surface area contributed by atoms with Crippen molar-refractivity contribution in [1.82, 2.24) is 0 Å². The highest BCUT2D eigenvalue weighted by atomic mass is 19.1. The predicted molar refractivity (Wildman–Crippen MR) is 111 cm³/mol. The highest BCUT2D eigenvalue weighted by Crippen LogP contribution is 2.31. The van der Waals surface area contributed by atoms with Gasteiger partial charge < -0.3 is 14.2 Å². The number of rotatable bonds is 6. The maximum Gasteiger partial charge on any atom is 0.343 e. The van der Waals surface area contributed by atoms with E-state index in [2.05, 4.69) is 6.07 Å². The van der Waals surface area contributed by atoms with Gasteiger partial charge >= 0.3 is 5.97 Å². The lowest BCUT2D eigenvalue weighted by Gasteiger charge is -2.09. The fourth-order valence-electron chi connectivity index (χ4n) is 2.76. The Balaban J connectivity index is 1.79. The molecule has 3 aromatic carbocycles. The molecule has 150 valence electrons. The minimum Gasteiger partial charge on any atom is -0.493 e. The number of methoxy groups -OCH3 is 2. The van der Waals surface area contributed by atoms with Crippen molar-refractivity contribution in [3.8, 4) is 23.3 Å². The highest BCUT2D eigenvalue weighted by Gasteiger charge is 2.10. The first-order valence-corrected chi connectivity index (χ1v) is 8.96. The monoisotopic (exact) mass is 403 g/mol. The first kappa shape index (κ1) is 20.6. The molecule has 0 atom stereocenters. The number of halogens is 1. The molecule has 3 aromatic rings. The van der Waals surface area contributed by atoms with Gasteiger partial charge in [-0.25, -0.2) is 9.18 Å². The summed E-state index contributed by atoms with van der Waals surface area (Å²) in [4.78, 5) is 12.1. The van der Waals surface area contributed by atoms with Crippen LogP contribution in [0.3, 0.4) is 0 Å². The number of ether oxygens (including phenoxy) is 3. The van der Waals surface area contributed by atoms with Crippen LogP contribution < -0.4 is 14.2 Å². The van der Waals surface area contributed by atoms with E-state index in [-0.39, 0.29) is 5.56 Å². The van der Waals surface area contributed by atoms with E-state index in [4.69, 9.17) is 14.2 Å². The zero-order valence-electron chi connectivity index (χ0n) is 16.4. The number of nitrogens with zero attached hydrogens (tertiary/aromatic N) is 1. The summed E-state index contributed by atoms with van der Waals surface area (Å²) < 4.78 is 29.0. The molecule has 5 nitrogen and oxygen atoms in total. The number of benzene rings is 3. The van der Waals surface area contributed by atoms with Gasteiger partial charge in [0.2, 0.25) is 0 Å². The van der Waals surface area contributed by atoms with Crippen LogP contribution in [0.25, 0.3) is 11.6 Å². The summed E-state index contributed by atoms with van der Waals surface area (Å²) in [6, 6.07) is 19.3. The predicted octanol–water partition coefficient (Wildman–Crippen LogP) is 5.13. The number of carbonyl (C=O) groups excluding carboxylic acids is 1. The molecule has 0 unspecified atom stereocenters. The average molecular weight is 403 g/mol. The molecule has 0 aromatic heterocycles. The summed E-state index contributed by atoms with van der Waals surface area (Å²) in [5.74, 6) is 0.245. The third-order valence-electron chi connectivity index (χ3n) is 4.28. The molecular formula is C24H18FNO4. The zero-order chi connectivity index (χ0) is 21.5. The molecule has 0 N–H and O–H groups in total. The molecule has 0 amide bonds. The van der Waals surface area contributed by atoms with Gasteiger partial charge in [0.1, 0.15) is 11.6 Å². The van der Waals surface area contributed by atoms with Gasteiger partial charge in [0.25, 0.3) is 0 Å². The van der Waals surface area contributed by atoms with Crippen LogP contribution >= 0.6 is 0 Å². The summed E-state index contributed by atoms with van der Waals surface area (Å²) in [7, 11) is 3.07. The average Bonchev–Trinajstić information content (AvgIpc) is 2.78. The molecule has 0 fully saturated rings. The third kappa shape index (κ3) is 4.83. The number of allylic oxidation sites excluding steroid dienone is 1. The Morgan fingerprint density at radius 1 is 0.933 bits per heavy atom. The lowest BCUT2D eigenvalue weighted by atomic mass is 10.0. The van der Waals surface area contributed by atoms with E-state index >= 15 is 0 Å². The summed E-state index contributed by atoms with van der Waals surface area (Å²) in [6.07, 6.45) is 1.71. The second-order valence-electron chi connectivity index (χ2n) is 6.21. The Morgan fingerprint density at radius 3 is 2.30 bits per heavy atom.